The fourth-order valence-corrected chi connectivity index (χ4v) is 5.24. The largest absolute Gasteiger partial charge is 0.365 e. The summed E-state index contributed by atoms with van der Waals surface area (Å²) in [6, 6.07) is 3.40. The lowest BCUT2D eigenvalue weighted by Gasteiger charge is -2.53. The van der Waals surface area contributed by atoms with Gasteiger partial charge in [0.15, 0.2) is 5.41 Å². The number of hydrogen-bond acceptors (Lipinski definition) is 7. The second-order valence-corrected chi connectivity index (χ2v) is 7.78. The molecule has 136 valence electrons. The number of imide groups is 2. The molecule has 0 bridgehead atoms. The molecule has 9 nitrogen and oxygen atoms in total. The SMILES string of the molecule is CN1C(=O)NC(=O)C2(Cc3cc([N+](=O)[O-])ccc3N3CCSCC32)C1=O. The first kappa shape index (κ1) is 16.8. The number of benzene rings is 1. The van der Waals surface area contributed by atoms with Crippen LogP contribution < -0.4 is 10.2 Å². The molecule has 1 spiro atoms. The van der Waals surface area contributed by atoms with Crippen LogP contribution >= 0.6 is 11.8 Å². The Labute approximate surface area is 152 Å². The number of nitro benzene ring substituents is 1. The number of carbonyl (C=O) groups is 3. The van der Waals surface area contributed by atoms with Crippen LogP contribution in [0.4, 0.5) is 16.2 Å². The van der Waals surface area contributed by atoms with E-state index in [1.165, 1.54) is 19.2 Å². The molecule has 1 aromatic carbocycles. The molecule has 0 saturated carbocycles. The van der Waals surface area contributed by atoms with Crippen molar-refractivity contribution < 1.29 is 19.3 Å². The van der Waals surface area contributed by atoms with Crippen LogP contribution in [0.1, 0.15) is 5.56 Å². The molecule has 2 unspecified atom stereocenters. The van der Waals surface area contributed by atoms with Gasteiger partial charge in [0.2, 0.25) is 11.8 Å². The van der Waals surface area contributed by atoms with Crippen LogP contribution in [0.3, 0.4) is 0 Å². The third kappa shape index (κ3) is 2.14. The first-order valence-corrected chi connectivity index (χ1v) is 9.27. The number of hydrogen-bond donors (Lipinski definition) is 1. The van der Waals surface area contributed by atoms with Crippen LogP contribution in [0.15, 0.2) is 18.2 Å². The monoisotopic (exact) mass is 376 g/mol. The fraction of sp³-hybridized carbons (Fsp3) is 0.438. The van der Waals surface area contributed by atoms with Gasteiger partial charge in [-0.15, -0.1) is 0 Å². The molecule has 2 atom stereocenters. The van der Waals surface area contributed by atoms with E-state index in [4.69, 9.17) is 0 Å². The van der Waals surface area contributed by atoms with Gasteiger partial charge in [0.25, 0.3) is 5.69 Å². The molecule has 4 rings (SSSR count). The zero-order valence-electron chi connectivity index (χ0n) is 13.9. The maximum absolute atomic E-state index is 13.1. The lowest BCUT2D eigenvalue weighted by molar-refractivity contribution is -0.384. The molecule has 0 radical (unpaired) electrons. The predicted octanol–water partition coefficient (Wildman–Crippen LogP) is 0.767. The van der Waals surface area contributed by atoms with Crippen LogP contribution in [0, 0.1) is 15.5 Å². The number of nitrogens with one attached hydrogen (secondary N) is 1. The summed E-state index contributed by atoms with van der Waals surface area (Å²) in [5.41, 5.74) is -0.157. The van der Waals surface area contributed by atoms with Crippen molar-refractivity contribution in [1.82, 2.24) is 10.2 Å². The lowest BCUT2D eigenvalue weighted by atomic mass is 9.69. The molecule has 0 aromatic heterocycles. The standard InChI is InChI=1S/C16H16N4O5S/c1-18-14(22)16(13(21)17-15(18)23)7-9-6-10(20(24)25)2-3-11(9)19-4-5-26-8-12(16)19/h2-3,6,12H,4-5,7-8H2,1H3,(H,17,21,23). The molecule has 3 aliphatic rings. The van der Waals surface area contributed by atoms with E-state index in [2.05, 4.69) is 5.32 Å². The molecule has 1 aromatic rings. The number of amides is 4. The molecule has 0 aliphatic carbocycles. The Kier molecular flexibility index (Phi) is 3.69. The Bertz CT molecular complexity index is 859. The van der Waals surface area contributed by atoms with E-state index in [0.717, 1.165) is 16.3 Å². The summed E-state index contributed by atoms with van der Waals surface area (Å²) in [7, 11) is 1.34. The lowest BCUT2D eigenvalue weighted by Crippen LogP contribution is -2.72. The van der Waals surface area contributed by atoms with Crippen LogP contribution in [0.5, 0.6) is 0 Å². The number of thioether (sulfide) groups is 1. The molecular formula is C16H16N4O5S. The highest BCUT2D eigenvalue weighted by molar-refractivity contribution is 7.99. The molecular weight excluding hydrogens is 360 g/mol. The average Bonchev–Trinajstić information content (AvgIpc) is 2.64. The smallest absolute Gasteiger partial charge is 0.330 e. The second-order valence-electron chi connectivity index (χ2n) is 6.63. The third-order valence-electron chi connectivity index (χ3n) is 5.37. The number of fused-ring (bicyclic) bond motifs is 4. The Morgan fingerprint density at radius 3 is 2.85 bits per heavy atom. The highest BCUT2D eigenvalue weighted by atomic mass is 32.2. The fourth-order valence-electron chi connectivity index (χ4n) is 4.06. The van der Waals surface area contributed by atoms with Crippen molar-refractivity contribution in [3.63, 3.8) is 0 Å². The van der Waals surface area contributed by atoms with Gasteiger partial charge in [-0.3, -0.25) is 29.9 Å². The van der Waals surface area contributed by atoms with Gasteiger partial charge in [0.1, 0.15) is 0 Å². The van der Waals surface area contributed by atoms with Gasteiger partial charge in [0, 0.05) is 49.3 Å². The Morgan fingerprint density at radius 1 is 1.35 bits per heavy atom. The predicted molar refractivity (Wildman–Crippen MR) is 94.0 cm³/mol. The highest BCUT2D eigenvalue weighted by Gasteiger charge is 2.61. The minimum absolute atomic E-state index is 0.0357. The van der Waals surface area contributed by atoms with E-state index in [1.807, 2.05) is 4.90 Å². The van der Waals surface area contributed by atoms with Gasteiger partial charge >= 0.3 is 6.03 Å². The molecule has 3 aliphatic heterocycles. The van der Waals surface area contributed by atoms with E-state index < -0.39 is 34.2 Å². The maximum Gasteiger partial charge on any atom is 0.330 e. The van der Waals surface area contributed by atoms with Gasteiger partial charge in [-0.2, -0.15) is 11.8 Å². The summed E-state index contributed by atoms with van der Waals surface area (Å²) in [5, 5.41) is 13.4. The van der Waals surface area contributed by atoms with Crippen molar-refractivity contribution in [3.8, 4) is 0 Å². The zero-order valence-corrected chi connectivity index (χ0v) is 14.7. The van der Waals surface area contributed by atoms with Crippen molar-refractivity contribution in [2.45, 2.75) is 12.5 Å². The van der Waals surface area contributed by atoms with E-state index >= 15 is 0 Å². The summed E-state index contributed by atoms with van der Waals surface area (Å²) >= 11 is 1.65. The minimum Gasteiger partial charge on any atom is -0.365 e. The first-order chi connectivity index (χ1) is 12.4. The maximum atomic E-state index is 13.1. The van der Waals surface area contributed by atoms with Crippen LogP contribution in [0.2, 0.25) is 0 Å². The molecule has 10 heteroatoms. The van der Waals surface area contributed by atoms with E-state index in [9.17, 15) is 24.5 Å². The summed E-state index contributed by atoms with van der Waals surface area (Å²) in [5.74, 6) is 0.215. The van der Waals surface area contributed by atoms with Crippen molar-refractivity contribution in [2.24, 2.45) is 5.41 Å². The topological polar surface area (TPSA) is 113 Å². The van der Waals surface area contributed by atoms with E-state index in [-0.39, 0.29) is 12.1 Å². The molecule has 4 amide bonds. The van der Waals surface area contributed by atoms with Crippen molar-refractivity contribution in [3.05, 3.63) is 33.9 Å². The first-order valence-electron chi connectivity index (χ1n) is 8.11. The number of carbonyl (C=O) groups excluding carboxylic acids is 3. The molecule has 1 N–H and O–H groups in total. The van der Waals surface area contributed by atoms with Crippen LogP contribution in [-0.2, 0) is 16.0 Å². The summed E-state index contributed by atoms with van der Waals surface area (Å²) in [6.07, 6.45) is 0.0357. The number of anilines is 1. The van der Waals surface area contributed by atoms with Gasteiger partial charge in [-0.05, 0) is 11.6 Å². The zero-order chi connectivity index (χ0) is 18.6. The van der Waals surface area contributed by atoms with Gasteiger partial charge < -0.3 is 4.90 Å². The second kappa shape index (κ2) is 5.70. The number of rotatable bonds is 1. The normalized spacial score (nSPS) is 27.9. The Morgan fingerprint density at radius 2 is 2.12 bits per heavy atom. The highest BCUT2D eigenvalue weighted by Crippen LogP contribution is 2.47. The average molecular weight is 376 g/mol. The third-order valence-corrected chi connectivity index (χ3v) is 6.39. The Hall–Kier alpha value is -2.62. The molecule has 26 heavy (non-hydrogen) atoms. The quantitative estimate of drug-likeness (QED) is 0.437. The van der Waals surface area contributed by atoms with Gasteiger partial charge in [-0.25, -0.2) is 4.79 Å². The van der Waals surface area contributed by atoms with Crippen molar-refractivity contribution >= 4 is 41.0 Å². The number of nitro groups is 1. The Balaban J connectivity index is 1.90. The number of non-ortho nitro benzene ring substituents is 1. The van der Waals surface area contributed by atoms with Crippen molar-refractivity contribution in [1.29, 1.82) is 0 Å². The van der Waals surface area contributed by atoms with Crippen LogP contribution in [-0.4, -0.2) is 58.8 Å². The van der Waals surface area contributed by atoms with E-state index in [0.29, 0.717) is 17.9 Å². The molecule has 2 saturated heterocycles. The number of barbiturate groups is 1. The van der Waals surface area contributed by atoms with Gasteiger partial charge in [-0.1, -0.05) is 0 Å². The molecule has 2 fully saturated rings. The van der Waals surface area contributed by atoms with Crippen molar-refractivity contribution in [2.75, 3.05) is 30.0 Å². The van der Waals surface area contributed by atoms with Crippen LogP contribution in [0.25, 0.3) is 0 Å². The van der Waals surface area contributed by atoms with Gasteiger partial charge in [0.05, 0.1) is 11.0 Å². The summed E-state index contributed by atoms with van der Waals surface area (Å²) in [4.78, 5) is 51.4. The summed E-state index contributed by atoms with van der Waals surface area (Å²) < 4.78 is 0. The number of nitrogens with zero attached hydrogens (tertiary/aromatic N) is 3. The number of urea groups is 1. The molecule has 3 heterocycles. The summed E-state index contributed by atoms with van der Waals surface area (Å²) in [6.45, 7) is 0.625. The minimum atomic E-state index is -1.46. The van der Waals surface area contributed by atoms with E-state index in [1.54, 1.807) is 17.8 Å².